The SMILES string of the molecule is CC(C)(C)C(=O)Nc1cc(Cl)ccc1SCc1cc2c(cc1Cl)OCO2. The summed E-state index contributed by atoms with van der Waals surface area (Å²) >= 11 is 14.0. The number of hydrogen-bond donors (Lipinski definition) is 1. The number of rotatable bonds is 4. The van der Waals surface area contributed by atoms with Gasteiger partial charge in [-0.25, -0.2) is 0 Å². The Bertz CT molecular complexity index is 849. The third-order valence-corrected chi connectivity index (χ3v) is 5.51. The van der Waals surface area contributed by atoms with Crippen LogP contribution in [0, 0.1) is 5.41 Å². The molecule has 0 aliphatic carbocycles. The third kappa shape index (κ3) is 4.40. The van der Waals surface area contributed by atoms with Crippen molar-refractivity contribution in [3.8, 4) is 11.5 Å². The maximum Gasteiger partial charge on any atom is 0.231 e. The standard InChI is InChI=1S/C19H19Cl2NO3S/c1-19(2,3)18(23)22-14-7-12(20)4-5-17(14)26-9-11-6-15-16(8-13(11)21)25-10-24-15/h4-8H,9-10H2,1-3H3,(H,22,23). The van der Waals surface area contributed by atoms with Gasteiger partial charge in [0.15, 0.2) is 11.5 Å². The summed E-state index contributed by atoms with van der Waals surface area (Å²) in [6.45, 7) is 5.81. The number of benzene rings is 2. The predicted molar refractivity (Wildman–Crippen MR) is 107 cm³/mol. The van der Waals surface area contributed by atoms with E-state index < -0.39 is 5.41 Å². The van der Waals surface area contributed by atoms with Gasteiger partial charge in [-0.15, -0.1) is 11.8 Å². The minimum atomic E-state index is -0.495. The molecule has 3 rings (SSSR count). The number of thioether (sulfide) groups is 1. The van der Waals surface area contributed by atoms with Gasteiger partial charge in [-0.05, 0) is 29.8 Å². The lowest BCUT2D eigenvalue weighted by Gasteiger charge is -2.19. The molecular formula is C19H19Cl2NO3S. The molecule has 1 amide bonds. The molecule has 1 heterocycles. The Morgan fingerprint density at radius 3 is 2.54 bits per heavy atom. The zero-order chi connectivity index (χ0) is 18.9. The summed E-state index contributed by atoms with van der Waals surface area (Å²) in [4.78, 5) is 13.3. The molecule has 4 nitrogen and oxygen atoms in total. The van der Waals surface area contributed by atoms with Gasteiger partial charge < -0.3 is 14.8 Å². The van der Waals surface area contributed by atoms with Crippen LogP contribution in [-0.4, -0.2) is 12.7 Å². The van der Waals surface area contributed by atoms with Crippen LogP contribution >= 0.6 is 35.0 Å². The monoisotopic (exact) mass is 411 g/mol. The third-order valence-electron chi connectivity index (χ3n) is 3.80. The lowest BCUT2D eigenvalue weighted by molar-refractivity contribution is -0.123. The summed E-state index contributed by atoms with van der Waals surface area (Å²) in [6, 6.07) is 9.11. The van der Waals surface area contributed by atoms with Gasteiger partial charge in [-0.2, -0.15) is 0 Å². The number of hydrogen-bond acceptors (Lipinski definition) is 4. The fourth-order valence-electron chi connectivity index (χ4n) is 2.26. The molecule has 7 heteroatoms. The fourth-order valence-corrected chi connectivity index (χ4v) is 3.71. The van der Waals surface area contributed by atoms with Gasteiger partial charge in [0.1, 0.15) is 0 Å². The number of anilines is 1. The van der Waals surface area contributed by atoms with Crippen molar-refractivity contribution >= 4 is 46.6 Å². The lowest BCUT2D eigenvalue weighted by Crippen LogP contribution is -2.27. The minimum Gasteiger partial charge on any atom is -0.454 e. The highest BCUT2D eigenvalue weighted by Gasteiger charge is 2.22. The zero-order valence-corrected chi connectivity index (χ0v) is 17.0. The molecule has 1 N–H and O–H groups in total. The smallest absolute Gasteiger partial charge is 0.231 e. The van der Waals surface area contributed by atoms with Gasteiger partial charge in [0, 0.05) is 32.2 Å². The topological polar surface area (TPSA) is 47.6 Å². The van der Waals surface area contributed by atoms with E-state index in [0.29, 0.717) is 33.0 Å². The van der Waals surface area contributed by atoms with Crippen LogP contribution in [0.4, 0.5) is 5.69 Å². The summed E-state index contributed by atoms with van der Waals surface area (Å²) in [5.41, 5.74) is 1.13. The fraction of sp³-hybridized carbons (Fsp3) is 0.316. The van der Waals surface area contributed by atoms with Crippen LogP contribution in [0.15, 0.2) is 35.2 Å². The van der Waals surface area contributed by atoms with Crippen LogP contribution in [0.1, 0.15) is 26.3 Å². The van der Waals surface area contributed by atoms with Crippen molar-refractivity contribution < 1.29 is 14.3 Å². The Labute approximate surface area is 167 Å². The number of amides is 1. The normalized spacial score (nSPS) is 13.0. The molecule has 0 saturated heterocycles. The molecule has 0 unspecified atom stereocenters. The Morgan fingerprint density at radius 1 is 1.15 bits per heavy atom. The first-order valence-electron chi connectivity index (χ1n) is 8.06. The molecule has 0 radical (unpaired) electrons. The number of halogens is 2. The van der Waals surface area contributed by atoms with E-state index in [0.717, 1.165) is 10.5 Å². The molecule has 0 spiro atoms. The van der Waals surface area contributed by atoms with Crippen LogP contribution < -0.4 is 14.8 Å². The molecule has 2 aromatic rings. The van der Waals surface area contributed by atoms with Crippen molar-refractivity contribution in [2.24, 2.45) is 5.41 Å². The van der Waals surface area contributed by atoms with Crippen molar-refractivity contribution in [3.05, 3.63) is 45.9 Å². The van der Waals surface area contributed by atoms with Crippen molar-refractivity contribution in [3.63, 3.8) is 0 Å². The van der Waals surface area contributed by atoms with E-state index >= 15 is 0 Å². The van der Waals surface area contributed by atoms with Crippen molar-refractivity contribution in [2.45, 2.75) is 31.4 Å². The van der Waals surface area contributed by atoms with Crippen LogP contribution in [0.3, 0.4) is 0 Å². The van der Waals surface area contributed by atoms with E-state index in [2.05, 4.69) is 5.32 Å². The number of carbonyl (C=O) groups is 1. The maximum atomic E-state index is 12.3. The highest BCUT2D eigenvalue weighted by atomic mass is 35.5. The molecule has 0 bridgehead atoms. The van der Waals surface area contributed by atoms with Crippen LogP contribution in [0.25, 0.3) is 0 Å². The van der Waals surface area contributed by atoms with E-state index in [9.17, 15) is 4.79 Å². The molecule has 0 atom stereocenters. The molecule has 0 aromatic heterocycles. The van der Waals surface area contributed by atoms with Crippen molar-refractivity contribution in [1.82, 2.24) is 0 Å². The Morgan fingerprint density at radius 2 is 1.85 bits per heavy atom. The first-order chi connectivity index (χ1) is 12.2. The average Bonchev–Trinajstić information content (AvgIpc) is 3.00. The predicted octanol–water partition coefficient (Wildman–Crippen LogP) is 6.00. The maximum absolute atomic E-state index is 12.3. The lowest BCUT2D eigenvalue weighted by atomic mass is 9.95. The molecule has 1 aliphatic rings. The minimum absolute atomic E-state index is 0.0669. The molecule has 138 valence electrons. The quantitative estimate of drug-likeness (QED) is 0.626. The van der Waals surface area contributed by atoms with Gasteiger partial charge >= 0.3 is 0 Å². The second-order valence-electron chi connectivity index (χ2n) is 6.93. The zero-order valence-electron chi connectivity index (χ0n) is 14.7. The highest BCUT2D eigenvalue weighted by molar-refractivity contribution is 7.98. The van der Waals surface area contributed by atoms with Gasteiger partial charge in [0.25, 0.3) is 0 Å². The van der Waals surface area contributed by atoms with Gasteiger partial charge in [-0.3, -0.25) is 4.79 Å². The Balaban J connectivity index is 1.79. The van der Waals surface area contributed by atoms with E-state index in [1.54, 1.807) is 30.0 Å². The average molecular weight is 412 g/mol. The molecular weight excluding hydrogens is 393 g/mol. The Kier molecular flexibility index (Phi) is 5.61. The summed E-state index contributed by atoms with van der Waals surface area (Å²) in [5.74, 6) is 1.91. The van der Waals surface area contributed by atoms with Gasteiger partial charge in [-0.1, -0.05) is 44.0 Å². The van der Waals surface area contributed by atoms with Crippen LogP contribution in [0.5, 0.6) is 11.5 Å². The van der Waals surface area contributed by atoms with E-state index in [1.165, 1.54) is 0 Å². The number of nitrogens with one attached hydrogen (secondary N) is 1. The van der Waals surface area contributed by atoms with Gasteiger partial charge in [0.2, 0.25) is 12.7 Å². The van der Waals surface area contributed by atoms with E-state index in [-0.39, 0.29) is 12.7 Å². The molecule has 26 heavy (non-hydrogen) atoms. The van der Waals surface area contributed by atoms with Crippen molar-refractivity contribution in [2.75, 3.05) is 12.1 Å². The van der Waals surface area contributed by atoms with E-state index in [1.807, 2.05) is 32.9 Å². The molecule has 0 fully saturated rings. The Hall–Kier alpha value is -1.56. The highest BCUT2D eigenvalue weighted by Crippen LogP contribution is 2.40. The van der Waals surface area contributed by atoms with Gasteiger partial charge in [0.05, 0.1) is 5.69 Å². The molecule has 2 aromatic carbocycles. The summed E-state index contributed by atoms with van der Waals surface area (Å²) in [6.07, 6.45) is 0. The summed E-state index contributed by atoms with van der Waals surface area (Å²) < 4.78 is 10.7. The second-order valence-corrected chi connectivity index (χ2v) is 8.79. The number of fused-ring (bicyclic) bond motifs is 1. The number of ether oxygens (including phenoxy) is 2. The number of carbonyl (C=O) groups excluding carboxylic acids is 1. The summed E-state index contributed by atoms with van der Waals surface area (Å²) in [5, 5.41) is 4.15. The second kappa shape index (κ2) is 7.59. The van der Waals surface area contributed by atoms with Crippen LogP contribution in [-0.2, 0) is 10.5 Å². The van der Waals surface area contributed by atoms with Crippen LogP contribution in [0.2, 0.25) is 10.0 Å². The van der Waals surface area contributed by atoms with E-state index in [4.69, 9.17) is 32.7 Å². The molecule has 0 saturated carbocycles. The first-order valence-corrected chi connectivity index (χ1v) is 9.80. The first kappa shape index (κ1) is 19.2. The largest absolute Gasteiger partial charge is 0.454 e. The molecule has 1 aliphatic heterocycles. The van der Waals surface area contributed by atoms with Crippen molar-refractivity contribution in [1.29, 1.82) is 0 Å². The summed E-state index contributed by atoms with van der Waals surface area (Å²) in [7, 11) is 0.